The minimum atomic E-state index is 0.278. The van der Waals surface area contributed by atoms with Crippen LogP contribution < -0.4 is 0 Å². The van der Waals surface area contributed by atoms with Crippen molar-refractivity contribution in [2.45, 2.75) is 45.3 Å². The van der Waals surface area contributed by atoms with Crippen LogP contribution in [0.15, 0.2) is 17.2 Å². The van der Waals surface area contributed by atoms with Gasteiger partial charge < -0.3 is 4.52 Å². The van der Waals surface area contributed by atoms with Crippen molar-refractivity contribution in [3.05, 3.63) is 24.4 Å². The summed E-state index contributed by atoms with van der Waals surface area (Å²) in [5.74, 6) is 1.77. The molecule has 2 aromatic rings. The second-order valence-electron chi connectivity index (χ2n) is 6.52. The maximum Gasteiger partial charge on any atom is 0.229 e. The normalized spacial score (nSPS) is 19.3. The van der Waals surface area contributed by atoms with Gasteiger partial charge in [0, 0.05) is 25.0 Å². The number of likely N-dealkylation sites (N-methyl/N-ethyl adjacent to an activating group) is 1. The summed E-state index contributed by atoms with van der Waals surface area (Å²) in [6.45, 7) is 8.94. The number of nitrogens with zero attached hydrogens (tertiary/aromatic N) is 7. The lowest BCUT2D eigenvalue weighted by Gasteiger charge is -2.23. The zero-order valence-corrected chi connectivity index (χ0v) is 14.1. The fraction of sp³-hybridized carbons (Fsp3) is 0.733. The maximum atomic E-state index is 5.28. The van der Waals surface area contributed by atoms with Gasteiger partial charge in [0.15, 0.2) is 5.82 Å². The fourth-order valence-corrected chi connectivity index (χ4v) is 2.89. The van der Waals surface area contributed by atoms with Crippen molar-refractivity contribution >= 4 is 0 Å². The summed E-state index contributed by atoms with van der Waals surface area (Å²) in [4.78, 5) is 13.2. The summed E-state index contributed by atoms with van der Waals surface area (Å²) in [5.41, 5.74) is 0. The van der Waals surface area contributed by atoms with Crippen LogP contribution in [0.1, 0.15) is 37.9 Å². The van der Waals surface area contributed by atoms with E-state index in [0.717, 1.165) is 38.5 Å². The Morgan fingerprint density at radius 3 is 2.96 bits per heavy atom. The number of likely N-dealkylation sites (tertiary alicyclic amines) is 1. The van der Waals surface area contributed by atoms with E-state index in [2.05, 4.69) is 50.9 Å². The van der Waals surface area contributed by atoms with Gasteiger partial charge in [-0.2, -0.15) is 10.1 Å². The van der Waals surface area contributed by atoms with E-state index in [0.29, 0.717) is 11.9 Å². The van der Waals surface area contributed by atoms with Gasteiger partial charge >= 0.3 is 0 Å². The molecule has 0 aliphatic carbocycles. The highest BCUT2D eigenvalue weighted by Gasteiger charge is 2.26. The topological polar surface area (TPSA) is 76.1 Å². The highest BCUT2D eigenvalue weighted by Crippen LogP contribution is 2.17. The van der Waals surface area contributed by atoms with Gasteiger partial charge in [-0.3, -0.25) is 14.5 Å². The van der Waals surface area contributed by atoms with Crippen molar-refractivity contribution in [2.75, 3.05) is 26.7 Å². The molecule has 8 nitrogen and oxygen atoms in total. The summed E-state index contributed by atoms with van der Waals surface area (Å²) in [6.07, 6.45) is 4.52. The van der Waals surface area contributed by atoms with Gasteiger partial charge in [-0.15, -0.1) is 0 Å². The van der Waals surface area contributed by atoms with Crippen molar-refractivity contribution in [1.29, 1.82) is 0 Å². The summed E-state index contributed by atoms with van der Waals surface area (Å²) in [7, 11) is 2.14. The second kappa shape index (κ2) is 7.18. The number of rotatable bonds is 7. The molecule has 1 fully saturated rings. The van der Waals surface area contributed by atoms with Crippen LogP contribution in [0, 0.1) is 0 Å². The van der Waals surface area contributed by atoms with Crippen LogP contribution in [-0.4, -0.2) is 67.4 Å². The Morgan fingerprint density at radius 2 is 2.26 bits per heavy atom. The molecule has 1 atom stereocenters. The van der Waals surface area contributed by atoms with Crippen LogP contribution in [-0.2, 0) is 13.1 Å². The molecule has 0 aromatic carbocycles. The van der Waals surface area contributed by atoms with E-state index >= 15 is 0 Å². The van der Waals surface area contributed by atoms with E-state index in [1.54, 1.807) is 12.7 Å². The standard InChI is InChI=1S/C15H25N7O/c1-12(2)15-18-14(19-23-15)9-20(3)13-4-5-21(8-13)6-7-22-11-16-10-17-22/h10-13H,4-9H2,1-3H3. The highest BCUT2D eigenvalue weighted by atomic mass is 16.5. The Morgan fingerprint density at radius 1 is 1.39 bits per heavy atom. The summed E-state index contributed by atoms with van der Waals surface area (Å²) in [5, 5.41) is 8.22. The average Bonchev–Trinajstić information content (AvgIpc) is 3.26. The van der Waals surface area contributed by atoms with E-state index in [-0.39, 0.29) is 5.92 Å². The molecule has 23 heavy (non-hydrogen) atoms. The van der Waals surface area contributed by atoms with Crippen LogP contribution in [0.2, 0.25) is 0 Å². The molecule has 0 N–H and O–H groups in total. The lowest BCUT2D eigenvalue weighted by molar-refractivity contribution is 0.215. The zero-order valence-electron chi connectivity index (χ0n) is 14.1. The Kier molecular flexibility index (Phi) is 5.02. The molecule has 2 aromatic heterocycles. The van der Waals surface area contributed by atoms with Gasteiger partial charge in [0.05, 0.1) is 13.1 Å². The van der Waals surface area contributed by atoms with Gasteiger partial charge in [-0.1, -0.05) is 19.0 Å². The largest absolute Gasteiger partial charge is 0.339 e. The van der Waals surface area contributed by atoms with E-state index < -0.39 is 0 Å². The molecule has 0 saturated carbocycles. The minimum absolute atomic E-state index is 0.278. The third-order valence-electron chi connectivity index (χ3n) is 4.35. The van der Waals surface area contributed by atoms with E-state index in [9.17, 15) is 0 Å². The third-order valence-corrected chi connectivity index (χ3v) is 4.35. The predicted octanol–water partition coefficient (Wildman–Crippen LogP) is 0.991. The van der Waals surface area contributed by atoms with Gasteiger partial charge in [0.25, 0.3) is 0 Å². The molecule has 0 bridgehead atoms. The molecular weight excluding hydrogens is 294 g/mol. The van der Waals surface area contributed by atoms with Crippen LogP contribution in [0.5, 0.6) is 0 Å². The molecule has 126 valence electrons. The Hall–Kier alpha value is -1.80. The molecule has 3 heterocycles. The Balaban J connectivity index is 1.45. The van der Waals surface area contributed by atoms with Crippen molar-refractivity contribution < 1.29 is 4.52 Å². The molecule has 3 rings (SSSR count). The fourth-order valence-electron chi connectivity index (χ4n) is 2.89. The van der Waals surface area contributed by atoms with Crippen LogP contribution in [0.25, 0.3) is 0 Å². The lowest BCUT2D eigenvalue weighted by Crippen LogP contribution is -2.35. The molecule has 1 aliphatic heterocycles. The first-order chi connectivity index (χ1) is 11.1. The molecule has 8 heteroatoms. The van der Waals surface area contributed by atoms with E-state index in [1.807, 2.05) is 4.68 Å². The highest BCUT2D eigenvalue weighted by molar-refractivity contribution is 4.92. The van der Waals surface area contributed by atoms with Gasteiger partial charge in [0.2, 0.25) is 5.89 Å². The molecule has 0 spiro atoms. The zero-order chi connectivity index (χ0) is 16.2. The quantitative estimate of drug-likeness (QED) is 0.753. The molecular formula is C15H25N7O. The lowest BCUT2D eigenvalue weighted by atomic mass is 10.2. The van der Waals surface area contributed by atoms with Gasteiger partial charge in [0.1, 0.15) is 12.7 Å². The molecule has 1 aliphatic rings. The van der Waals surface area contributed by atoms with Crippen LogP contribution >= 0.6 is 0 Å². The monoisotopic (exact) mass is 319 g/mol. The summed E-state index contributed by atoms with van der Waals surface area (Å²) >= 11 is 0. The van der Waals surface area contributed by atoms with Crippen molar-refractivity contribution in [3.8, 4) is 0 Å². The first-order valence-electron chi connectivity index (χ1n) is 8.19. The maximum absolute atomic E-state index is 5.28. The molecule has 0 radical (unpaired) electrons. The third kappa shape index (κ3) is 4.14. The minimum Gasteiger partial charge on any atom is -0.339 e. The van der Waals surface area contributed by atoms with E-state index in [4.69, 9.17) is 4.52 Å². The first-order valence-corrected chi connectivity index (χ1v) is 8.19. The van der Waals surface area contributed by atoms with Crippen LogP contribution in [0.4, 0.5) is 0 Å². The van der Waals surface area contributed by atoms with E-state index in [1.165, 1.54) is 6.42 Å². The SMILES string of the molecule is CC(C)c1nc(CN(C)C2CCN(CCn3cncn3)C2)no1. The smallest absolute Gasteiger partial charge is 0.229 e. The molecule has 1 saturated heterocycles. The van der Waals surface area contributed by atoms with Crippen LogP contribution in [0.3, 0.4) is 0 Å². The van der Waals surface area contributed by atoms with Crippen molar-refractivity contribution in [1.82, 2.24) is 34.7 Å². The van der Waals surface area contributed by atoms with Gasteiger partial charge in [-0.05, 0) is 20.0 Å². The number of aromatic nitrogens is 5. The van der Waals surface area contributed by atoms with Crippen molar-refractivity contribution in [3.63, 3.8) is 0 Å². The first kappa shape index (κ1) is 16.1. The average molecular weight is 319 g/mol. The van der Waals surface area contributed by atoms with Crippen molar-refractivity contribution in [2.24, 2.45) is 0 Å². The number of hydrogen-bond donors (Lipinski definition) is 0. The van der Waals surface area contributed by atoms with Gasteiger partial charge in [-0.25, -0.2) is 4.98 Å². The molecule has 0 amide bonds. The Bertz CT molecular complexity index is 595. The summed E-state index contributed by atoms with van der Waals surface area (Å²) in [6, 6.07) is 0.534. The Labute approximate surface area is 136 Å². The number of hydrogen-bond acceptors (Lipinski definition) is 7. The molecule has 1 unspecified atom stereocenters. The summed E-state index contributed by atoms with van der Waals surface area (Å²) < 4.78 is 7.16. The second-order valence-corrected chi connectivity index (χ2v) is 6.52. The predicted molar refractivity (Wildman–Crippen MR) is 84.7 cm³/mol.